The normalized spacial score (nSPS) is 11.9. The topological polar surface area (TPSA) is 109 Å². The van der Waals surface area contributed by atoms with Crippen molar-refractivity contribution in [3.05, 3.63) is 78.9 Å². The van der Waals surface area contributed by atoms with Gasteiger partial charge in [-0.1, -0.05) is 36.9 Å². The molecule has 0 aliphatic carbocycles. The van der Waals surface area contributed by atoms with E-state index in [-0.39, 0.29) is 9.79 Å². The highest BCUT2D eigenvalue weighted by molar-refractivity contribution is 8.04. The number of benzene rings is 3. The number of carbonyl (C=O) groups excluding carboxylic acids is 1. The van der Waals surface area contributed by atoms with Crippen LogP contribution in [0.2, 0.25) is 0 Å². The number of nitrogens with one attached hydrogen (secondary N) is 2. The molecule has 0 spiro atoms. The lowest BCUT2D eigenvalue weighted by molar-refractivity contribution is -0.112. The van der Waals surface area contributed by atoms with Crippen LogP contribution in [-0.2, 0) is 24.8 Å². The van der Waals surface area contributed by atoms with Crippen molar-refractivity contribution in [2.24, 2.45) is 0 Å². The van der Waals surface area contributed by atoms with Crippen molar-refractivity contribution >= 4 is 42.4 Å². The van der Waals surface area contributed by atoms with E-state index in [0.29, 0.717) is 16.6 Å². The van der Waals surface area contributed by atoms with Crippen molar-refractivity contribution in [2.45, 2.75) is 16.7 Å². The van der Waals surface area contributed by atoms with Gasteiger partial charge in [-0.25, -0.2) is 16.8 Å². The molecule has 0 radical (unpaired) electrons. The molecule has 0 saturated heterocycles. The van der Waals surface area contributed by atoms with Crippen molar-refractivity contribution in [2.75, 3.05) is 5.32 Å². The van der Waals surface area contributed by atoms with Gasteiger partial charge in [0, 0.05) is 11.3 Å². The molecule has 150 valence electrons. The van der Waals surface area contributed by atoms with Crippen LogP contribution in [0.4, 0.5) is 5.69 Å². The Morgan fingerprint density at radius 1 is 0.793 bits per heavy atom. The van der Waals surface area contributed by atoms with Gasteiger partial charge < -0.3 is 5.32 Å². The molecule has 3 rings (SSSR count). The fourth-order valence-electron chi connectivity index (χ4n) is 2.53. The first kappa shape index (κ1) is 20.7. The maximum absolute atomic E-state index is 12.6. The number of anilines is 1. The minimum atomic E-state index is -4.35. The molecule has 3 aromatic carbocycles. The largest absolute Gasteiger partial charge is 0.322 e. The quantitative estimate of drug-likeness (QED) is 0.584. The van der Waals surface area contributed by atoms with E-state index in [1.54, 1.807) is 22.3 Å². The summed E-state index contributed by atoms with van der Waals surface area (Å²) in [4.78, 5) is 11.2. The second kappa shape index (κ2) is 7.78. The molecule has 0 heterocycles. The number of rotatable bonds is 6. The monoisotopic (exact) mass is 430 g/mol. The molecule has 1 amide bonds. The van der Waals surface area contributed by atoms with Gasteiger partial charge >= 0.3 is 0 Å². The molecule has 0 unspecified atom stereocenters. The minimum absolute atomic E-state index is 0.162. The Morgan fingerprint density at radius 2 is 1.34 bits per heavy atom. The summed E-state index contributed by atoms with van der Waals surface area (Å²) in [5, 5.41) is 4.05. The molecule has 2 N–H and O–H groups in total. The first-order chi connectivity index (χ1) is 13.6. The highest BCUT2D eigenvalue weighted by atomic mass is 32.3. The number of amides is 1. The third-order valence-electron chi connectivity index (χ3n) is 4.06. The van der Waals surface area contributed by atoms with Gasteiger partial charge in [0.15, 0.2) is 0 Å². The van der Waals surface area contributed by atoms with Crippen molar-refractivity contribution in [1.82, 2.24) is 4.13 Å². The Labute approximate surface area is 169 Å². The van der Waals surface area contributed by atoms with E-state index in [2.05, 4.69) is 11.9 Å². The average Bonchev–Trinajstić information content (AvgIpc) is 2.67. The van der Waals surface area contributed by atoms with Crippen LogP contribution < -0.4 is 9.44 Å². The summed E-state index contributed by atoms with van der Waals surface area (Å²) in [6.45, 7) is 5.05. The molecule has 3 aromatic rings. The smallest absolute Gasteiger partial charge is 0.253 e. The highest BCUT2D eigenvalue weighted by Crippen LogP contribution is 2.21. The summed E-state index contributed by atoms with van der Waals surface area (Å²) in [5.74, 6) is -0.405. The lowest BCUT2D eigenvalue weighted by Gasteiger charge is -2.10. The third-order valence-corrected chi connectivity index (χ3v) is 7.58. The zero-order chi connectivity index (χ0) is 21.2. The molecule has 29 heavy (non-hydrogen) atoms. The Bertz CT molecular complexity index is 1310. The molecule has 0 aliphatic rings. The molecule has 0 fully saturated rings. The lowest BCUT2D eigenvalue weighted by Crippen LogP contribution is -2.30. The van der Waals surface area contributed by atoms with Gasteiger partial charge in [-0.3, -0.25) is 4.79 Å². The van der Waals surface area contributed by atoms with Crippen LogP contribution in [0.3, 0.4) is 0 Å². The van der Waals surface area contributed by atoms with Gasteiger partial charge in [-0.2, -0.15) is 0 Å². The number of hydrogen-bond donors (Lipinski definition) is 2. The summed E-state index contributed by atoms with van der Waals surface area (Å²) in [6, 6.07) is 16.6. The third kappa shape index (κ3) is 4.70. The standard InChI is InChI=1S/C20H18N2O5S2/c1-14(2)20(23)21-17-8-11-18(12-9-17)28(24,25)22-29(26,27)19-10-7-15-5-3-4-6-16(15)13-19/h3-13,22H,1H2,2H3,(H,21,23). The van der Waals surface area contributed by atoms with Crippen molar-refractivity contribution in [3.63, 3.8) is 0 Å². The molecule has 9 heteroatoms. The number of sulfonamides is 2. The van der Waals surface area contributed by atoms with Gasteiger partial charge in [0.05, 0.1) is 9.79 Å². The molecular weight excluding hydrogens is 412 g/mol. The second-order valence-corrected chi connectivity index (χ2v) is 9.98. The molecule has 7 nitrogen and oxygen atoms in total. The van der Waals surface area contributed by atoms with Gasteiger partial charge in [0.25, 0.3) is 26.0 Å². The van der Waals surface area contributed by atoms with Crippen LogP contribution in [-0.4, -0.2) is 22.7 Å². The zero-order valence-corrected chi connectivity index (χ0v) is 17.0. The van der Waals surface area contributed by atoms with E-state index in [9.17, 15) is 21.6 Å². The first-order valence-corrected chi connectivity index (χ1v) is 11.4. The van der Waals surface area contributed by atoms with Crippen LogP contribution in [0.1, 0.15) is 6.92 Å². The van der Waals surface area contributed by atoms with Crippen LogP contribution in [0, 0.1) is 0 Å². The van der Waals surface area contributed by atoms with Crippen LogP contribution >= 0.6 is 0 Å². The van der Waals surface area contributed by atoms with Gasteiger partial charge in [0.1, 0.15) is 0 Å². The maximum Gasteiger partial charge on any atom is 0.253 e. The van der Waals surface area contributed by atoms with Crippen LogP contribution in [0.15, 0.2) is 88.7 Å². The number of hydrogen-bond acceptors (Lipinski definition) is 5. The number of carbonyl (C=O) groups is 1. The SMILES string of the molecule is C=C(C)C(=O)Nc1ccc(S(=O)(=O)NS(=O)(=O)c2ccc3ccccc3c2)cc1. The van der Waals surface area contributed by atoms with E-state index in [1.807, 2.05) is 12.1 Å². The van der Waals surface area contributed by atoms with Crippen molar-refractivity contribution in [3.8, 4) is 0 Å². The van der Waals surface area contributed by atoms with Gasteiger partial charge in [0.2, 0.25) is 0 Å². The number of fused-ring (bicyclic) bond motifs is 1. The summed E-state index contributed by atoms with van der Waals surface area (Å²) < 4.78 is 52.0. The summed E-state index contributed by atoms with van der Waals surface area (Å²) in [5.41, 5.74) is 0.652. The minimum Gasteiger partial charge on any atom is -0.322 e. The first-order valence-electron chi connectivity index (χ1n) is 8.43. The molecule has 0 saturated carbocycles. The Morgan fingerprint density at radius 3 is 1.97 bits per heavy atom. The van der Waals surface area contributed by atoms with Crippen LogP contribution in [0.5, 0.6) is 0 Å². The van der Waals surface area contributed by atoms with E-state index >= 15 is 0 Å². The fourth-order valence-corrected chi connectivity index (χ4v) is 5.48. The zero-order valence-electron chi connectivity index (χ0n) is 15.4. The Hall–Kier alpha value is -3.01. The molecule has 0 aromatic heterocycles. The van der Waals surface area contributed by atoms with Crippen LogP contribution in [0.25, 0.3) is 10.8 Å². The molecule has 0 bridgehead atoms. The average molecular weight is 431 g/mol. The molecule has 0 aliphatic heterocycles. The summed E-state index contributed by atoms with van der Waals surface area (Å²) in [7, 11) is -8.67. The summed E-state index contributed by atoms with van der Waals surface area (Å²) in [6.07, 6.45) is 0. The Kier molecular flexibility index (Phi) is 5.56. The van der Waals surface area contributed by atoms with E-state index in [0.717, 1.165) is 5.39 Å². The van der Waals surface area contributed by atoms with Gasteiger partial charge in [-0.15, -0.1) is 4.13 Å². The highest BCUT2D eigenvalue weighted by Gasteiger charge is 2.24. The van der Waals surface area contributed by atoms with E-state index in [4.69, 9.17) is 0 Å². The fraction of sp³-hybridized carbons (Fsp3) is 0.0500. The molecule has 0 atom stereocenters. The lowest BCUT2D eigenvalue weighted by atomic mass is 10.1. The van der Waals surface area contributed by atoms with Crippen molar-refractivity contribution < 1.29 is 21.6 Å². The molecular formula is C20H18N2O5S2. The predicted molar refractivity (Wildman–Crippen MR) is 111 cm³/mol. The Balaban J connectivity index is 1.85. The maximum atomic E-state index is 12.6. The second-order valence-electron chi connectivity index (χ2n) is 6.36. The van der Waals surface area contributed by atoms with E-state index in [1.165, 1.54) is 43.3 Å². The summed E-state index contributed by atoms with van der Waals surface area (Å²) >= 11 is 0. The predicted octanol–water partition coefficient (Wildman–Crippen LogP) is 3.02. The van der Waals surface area contributed by atoms with E-state index < -0.39 is 26.0 Å². The van der Waals surface area contributed by atoms with Gasteiger partial charge in [-0.05, 0) is 54.1 Å². The van der Waals surface area contributed by atoms with Crippen molar-refractivity contribution in [1.29, 1.82) is 0 Å².